The van der Waals surface area contributed by atoms with Crippen LogP contribution in [-0.2, 0) is 11.2 Å². The fraction of sp³-hybridized carbons (Fsp3) is 0.231. The lowest BCUT2D eigenvalue weighted by Crippen LogP contribution is -2.51. The fourth-order valence-corrected chi connectivity index (χ4v) is 4.12. The van der Waals surface area contributed by atoms with E-state index < -0.39 is 0 Å². The molecule has 31 heavy (non-hydrogen) atoms. The zero-order chi connectivity index (χ0) is 21.2. The minimum atomic E-state index is 0.179. The van der Waals surface area contributed by atoms with Crippen LogP contribution in [0.4, 0.5) is 5.69 Å². The quantitative estimate of drug-likeness (QED) is 0.621. The average Bonchev–Trinajstić information content (AvgIpc) is 2.96. The molecule has 0 aromatic heterocycles. The summed E-state index contributed by atoms with van der Waals surface area (Å²) in [5.74, 6) is 2.68. The number of aliphatic imine (C=N–C) groups is 1. The van der Waals surface area contributed by atoms with Crippen LogP contribution in [0.15, 0.2) is 77.8 Å². The molecule has 0 saturated carbocycles. The minimum absolute atomic E-state index is 0.179. The Morgan fingerprint density at radius 3 is 2.45 bits per heavy atom. The topological polar surface area (TPSA) is 45.1 Å². The summed E-state index contributed by atoms with van der Waals surface area (Å²) in [4.78, 5) is 22.0. The molecular formula is C26H25N3O2. The summed E-state index contributed by atoms with van der Waals surface area (Å²) in [7, 11) is 0. The van der Waals surface area contributed by atoms with Gasteiger partial charge < -0.3 is 14.5 Å². The van der Waals surface area contributed by atoms with Gasteiger partial charge in [0.2, 0.25) is 5.91 Å². The average molecular weight is 412 g/mol. The third-order valence-electron chi connectivity index (χ3n) is 5.82. The van der Waals surface area contributed by atoms with Crippen LogP contribution in [0.3, 0.4) is 0 Å². The molecule has 1 saturated heterocycles. The monoisotopic (exact) mass is 411 g/mol. The van der Waals surface area contributed by atoms with Gasteiger partial charge >= 0.3 is 0 Å². The first-order chi connectivity index (χ1) is 15.2. The van der Waals surface area contributed by atoms with Gasteiger partial charge in [-0.05, 0) is 42.3 Å². The first-order valence-electron chi connectivity index (χ1n) is 10.7. The number of carbonyl (C=O) groups is 1. The summed E-state index contributed by atoms with van der Waals surface area (Å²) in [6, 6.07) is 24.1. The summed E-state index contributed by atoms with van der Waals surface area (Å²) in [6.07, 6.45) is 0.450. The Labute approximate surface area is 182 Å². The first-order valence-corrected chi connectivity index (χ1v) is 10.7. The van der Waals surface area contributed by atoms with Gasteiger partial charge in [0.05, 0.1) is 12.0 Å². The maximum absolute atomic E-state index is 12.8. The van der Waals surface area contributed by atoms with Crippen molar-refractivity contribution in [3.05, 3.63) is 89.5 Å². The number of para-hydroxylation sites is 1. The highest BCUT2D eigenvalue weighted by Gasteiger charge is 2.27. The van der Waals surface area contributed by atoms with Crippen molar-refractivity contribution in [2.45, 2.75) is 13.3 Å². The number of hydrogen-bond acceptors (Lipinski definition) is 4. The van der Waals surface area contributed by atoms with Crippen molar-refractivity contribution in [2.24, 2.45) is 4.99 Å². The van der Waals surface area contributed by atoms with Crippen LogP contribution in [0.1, 0.15) is 16.7 Å². The van der Waals surface area contributed by atoms with E-state index >= 15 is 0 Å². The summed E-state index contributed by atoms with van der Waals surface area (Å²) in [6.45, 7) is 4.92. The van der Waals surface area contributed by atoms with E-state index in [2.05, 4.69) is 24.0 Å². The molecular weight excluding hydrogens is 386 g/mol. The number of benzene rings is 3. The van der Waals surface area contributed by atoms with Crippen molar-refractivity contribution in [3.8, 4) is 11.5 Å². The molecule has 3 aromatic carbocycles. The Bertz CT molecular complexity index is 1130. The Hall–Kier alpha value is -3.60. The van der Waals surface area contributed by atoms with Crippen molar-refractivity contribution in [3.63, 3.8) is 0 Å². The number of carbonyl (C=O) groups excluding carboxylic acids is 1. The predicted molar refractivity (Wildman–Crippen MR) is 122 cm³/mol. The molecule has 3 aromatic rings. The molecule has 1 fully saturated rings. The van der Waals surface area contributed by atoms with E-state index in [4.69, 9.17) is 9.73 Å². The van der Waals surface area contributed by atoms with Crippen LogP contribution in [0.5, 0.6) is 11.5 Å². The molecule has 1 amide bonds. The third kappa shape index (κ3) is 4.04. The second-order valence-corrected chi connectivity index (χ2v) is 8.04. The molecule has 0 spiro atoms. The second kappa shape index (κ2) is 8.26. The maximum Gasteiger partial charge on any atom is 0.227 e. The molecule has 2 aliphatic rings. The van der Waals surface area contributed by atoms with Gasteiger partial charge in [-0.25, -0.2) is 4.99 Å². The van der Waals surface area contributed by atoms with Crippen LogP contribution in [0.2, 0.25) is 0 Å². The number of amides is 1. The lowest BCUT2D eigenvalue weighted by atomic mass is 10.1. The number of amidine groups is 1. The number of fused-ring (bicyclic) bond motifs is 2. The highest BCUT2D eigenvalue weighted by atomic mass is 16.5. The highest BCUT2D eigenvalue weighted by Crippen LogP contribution is 2.38. The van der Waals surface area contributed by atoms with Crippen LogP contribution in [0.25, 0.3) is 0 Å². The summed E-state index contributed by atoms with van der Waals surface area (Å²) < 4.78 is 6.22. The van der Waals surface area contributed by atoms with Gasteiger partial charge in [0.1, 0.15) is 17.3 Å². The van der Waals surface area contributed by atoms with E-state index in [1.165, 1.54) is 0 Å². The van der Waals surface area contributed by atoms with Crippen molar-refractivity contribution in [2.75, 3.05) is 26.2 Å². The van der Waals surface area contributed by atoms with Crippen LogP contribution in [-0.4, -0.2) is 47.7 Å². The maximum atomic E-state index is 12.8. The molecule has 0 radical (unpaired) electrons. The SMILES string of the molecule is Cc1ccc2c(c1)Oc1ccccc1C(N1CCN(C(=O)Cc3ccccc3)CC1)=N2. The highest BCUT2D eigenvalue weighted by molar-refractivity contribution is 6.03. The largest absolute Gasteiger partial charge is 0.454 e. The second-order valence-electron chi connectivity index (χ2n) is 8.04. The van der Waals surface area contributed by atoms with E-state index in [-0.39, 0.29) is 5.91 Å². The number of aryl methyl sites for hydroxylation is 1. The lowest BCUT2D eigenvalue weighted by Gasteiger charge is -2.36. The number of rotatable bonds is 2. The molecule has 0 aliphatic carbocycles. The van der Waals surface area contributed by atoms with E-state index in [0.717, 1.165) is 52.8 Å². The Kier molecular flexibility index (Phi) is 5.16. The fourth-order valence-electron chi connectivity index (χ4n) is 4.12. The van der Waals surface area contributed by atoms with Gasteiger partial charge in [0.25, 0.3) is 0 Å². The smallest absolute Gasteiger partial charge is 0.227 e. The molecule has 156 valence electrons. The first kappa shape index (κ1) is 19.4. The lowest BCUT2D eigenvalue weighted by molar-refractivity contribution is -0.131. The Morgan fingerprint density at radius 1 is 0.903 bits per heavy atom. The molecule has 0 N–H and O–H groups in total. The number of hydrogen-bond donors (Lipinski definition) is 0. The van der Waals surface area contributed by atoms with E-state index in [9.17, 15) is 4.79 Å². The molecule has 0 unspecified atom stereocenters. The number of piperazine rings is 1. The third-order valence-corrected chi connectivity index (χ3v) is 5.82. The van der Waals surface area contributed by atoms with Gasteiger partial charge in [-0.2, -0.15) is 0 Å². The van der Waals surface area contributed by atoms with E-state index in [1.807, 2.05) is 65.6 Å². The molecule has 5 heteroatoms. The molecule has 2 aliphatic heterocycles. The van der Waals surface area contributed by atoms with Gasteiger partial charge in [0, 0.05) is 26.2 Å². The Morgan fingerprint density at radius 2 is 1.65 bits per heavy atom. The normalized spacial score (nSPS) is 15.3. The van der Waals surface area contributed by atoms with Gasteiger partial charge in [-0.3, -0.25) is 4.79 Å². The molecule has 0 atom stereocenters. The summed E-state index contributed by atoms with van der Waals surface area (Å²) in [5, 5.41) is 0. The molecule has 5 nitrogen and oxygen atoms in total. The Balaban J connectivity index is 1.36. The van der Waals surface area contributed by atoms with Crippen molar-refractivity contribution < 1.29 is 9.53 Å². The van der Waals surface area contributed by atoms with E-state index in [1.54, 1.807) is 0 Å². The molecule has 5 rings (SSSR count). The molecule has 0 bridgehead atoms. The summed E-state index contributed by atoms with van der Waals surface area (Å²) in [5.41, 5.74) is 4.02. The number of ether oxygens (including phenoxy) is 1. The zero-order valence-electron chi connectivity index (χ0n) is 17.6. The molecule has 2 heterocycles. The van der Waals surface area contributed by atoms with Crippen molar-refractivity contribution in [1.29, 1.82) is 0 Å². The van der Waals surface area contributed by atoms with Gasteiger partial charge in [-0.15, -0.1) is 0 Å². The van der Waals surface area contributed by atoms with E-state index in [0.29, 0.717) is 19.5 Å². The van der Waals surface area contributed by atoms with Crippen LogP contribution >= 0.6 is 0 Å². The standard InChI is InChI=1S/C26H25N3O2/c1-19-11-12-22-24(17-19)31-23-10-6-5-9-21(23)26(27-22)29-15-13-28(14-16-29)25(30)18-20-7-3-2-4-8-20/h2-12,17H,13-16,18H2,1H3. The van der Waals surface area contributed by atoms with Crippen LogP contribution < -0.4 is 4.74 Å². The minimum Gasteiger partial charge on any atom is -0.454 e. The predicted octanol–water partition coefficient (Wildman–Crippen LogP) is 4.57. The van der Waals surface area contributed by atoms with Crippen molar-refractivity contribution in [1.82, 2.24) is 9.80 Å². The number of nitrogens with zero attached hydrogens (tertiary/aromatic N) is 3. The zero-order valence-corrected chi connectivity index (χ0v) is 17.6. The van der Waals surface area contributed by atoms with Crippen molar-refractivity contribution >= 4 is 17.4 Å². The summed E-state index contributed by atoms with van der Waals surface area (Å²) >= 11 is 0. The van der Waals surface area contributed by atoms with Gasteiger partial charge in [-0.1, -0.05) is 48.5 Å². The van der Waals surface area contributed by atoms with Gasteiger partial charge in [0.15, 0.2) is 5.75 Å². The van der Waals surface area contributed by atoms with Crippen LogP contribution in [0, 0.1) is 6.92 Å².